The molecule has 108 valence electrons. The summed E-state index contributed by atoms with van der Waals surface area (Å²) in [6.45, 7) is 5.92. The number of halogens is 2. The van der Waals surface area contributed by atoms with Crippen LogP contribution in [0.15, 0.2) is 12.1 Å². The van der Waals surface area contributed by atoms with Crippen LogP contribution >= 0.6 is 24.0 Å². The van der Waals surface area contributed by atoms with E-state index in [1.165, 1.54) is 12.8 Å². The molecule has 1 aliphatic carbocycles. The molecule has 1 N–H and O–H groups in total. The summed E-state index contributed by atoms with van der Waals surface area (Å²) in [6.07, 6.45) is 2.56. The lowest BCUT2D eigenvalue weighted by molar-refractivity contribution is 0.287. The van der Waals surface area contributed by atoms with Crippen molar-refractivity contribution in [1.29, 1.82) is 0 Å². The van der Waals surface area contributed by atoms with Crippen molar-refractivity contribution < 1.29 is 9.47 Å². The van der Waals surface area contributed by atoms with Crippen LogP contribution in [0.5, 0.6) is 11.5 Å². The third kappa shape index (κ3) is 4.75. The van der Waals surface area contributed by atoms with Gasteiger partial charge in [0, 0.05) is 12.6 Å². The molecular formula is C14H21Cl2NO2. The number of nitrogens with one attached hydrogen (secondary N) is 1. The van der Waals surface area contributed by atoms with Crippen molar-refractivity contribution in [2.45, 2.75) is 39.3 Å². The van der Waals surface area contributed by atoms with E-state index in [-0.39, 0.29) is 12.4 Å². The molecule has 0 heterocycles. The molecule has 2 rings (SSSR count). The molecule has 0 radical (unpaired) electrons. The minimum absolute atomic E-state index is 0. The van der Waals surface area contributed by atoms with Crippen LogP contribution in [0.25, 0.3) is 0 Å². The highest BCUT2D eigenvalue weighted by atomic mass is 35.5. The summed E-state index contributed by atoms with van der Waals surface area (Å²) in [5, 5.41) is 4.09. The average Bonchev–Trinajstić information content (AvgIpc) is 3.15. The van der Waals surface area contributed by atoms with Crippen molar-refractivity contribution >= 4 is 24.0 Å². The Hall–Kier alpha value is -0.640. The lowest BCUT2D eigenvalue weighted by atomic mass is 10.2. The number of hydrogen-bond donors (Lipinski definition) is 1. The predicted molar refractivity (Wildman–Crippen MR) is 80.9 cm³/mol. The molecule has 5 heteroatoms. The van der Waals surface area contributed by atoms with Gasteiger partial charge in [0.15, 0.2) is 11.5 Å². The van der Waals surface area contributed by atoms with Crippen molar-refractivity contribution in [3.8, 4) is 11.5 Å². The smallest absolute Gasteiger partial charge is 0.179 e. The van der Waals surface area contributed by atoms with Crippen LogP contribution in [0.1, 0.15) is 32.3 Å². The summed E-state index contributed by atoms with van der Waals surface area (Å²) in [6, 6.07) is 4.64. The Morgan fingerprint density at radius 3 is 2.47 bits per heavy atom. The minimum atomic E-state index is 0. The summed E-state index contributed by atoms with van der Waals surface area (Å²) in [5.41, 5.74) is 1.14. The Balaban J connectivity index is 0.00000180. The highest BCUT2D eigenvalue weighted by molar-refractivity contribution is 6.32. The number of hydrogen-bond acceptors (Lipinski definition) is 3. The van der Waals surface area contributed by atoms with Gasteiger partial charge in [-0.3, -0.25) is 0 Å². The first-order valence-corrected chi connectivity index (χ1v) is 6.93. The summed E-state index contributed by atoms with van der Waals surface area (Å²) in [7, 11) is 0. The van der Waals surface area contributed by atoms with Crippen LogP contribution in [0.4, 0.5) is 0 Å². The molecule has 1 saturated carbocycles. The molecule has 19 heavy (non-hydrogen) atoms. The maximum Gasteiger partial charge on any atom is 0.179 e. The van der Waals surface area contributed by atoms with Gasteiger partial charge in [-0.05, 0) is 44.4 Å². The summed E-state index contributed by atoms with van der Waals surface area (Å²) in [4.78, 5) is 0. The second-order valence-electron chi connectivity index (χ2n) is 4.43. The van der Waals surface area contributed by atoms with Crippen molar-refractivity contribution in [3.63, 3.8) is 0 Å². The van der Waals surface area contributed by atoms with Crippen molar-refractivity contribution in [2.24, 2.45) is 0 Å². The van der Waals surface area contributed by atoms with Gasteiger partial charge < -0.3 is 14.8 Å². The Bertz CT molecular complexity index is 409. The van der Waals surface area contributed by atoms with Crippen molar-refractivity contribution in [2.75, 3.05) is 13.2 Å². The van der Waals surface area contributed by atoms with E-state index >= 15 is 0 Å². The Kier molecular flexibility index (Phi) is 6.76. The van der Waals surface area contributed by atoms with E-state index in [0.29, 0.717) is 30.0 Å². The molecule has 1 aromatic rings. The molecule has 0 spiro atoms. The minimum Gasteiger partial charge on any atom is -0.490 e. The van der Waals surface area contributed by atoms with Crippen molar-refractivity contribution in [1.82, 2.24) is 5.32 Å². The maximum absolute atomic E-state index is 6.25. The molecule has 1 fully saturated rings. The zero-order valence-corrected chi connectivity index (χ0v) is 12.9. The molecule has 0 unspecified atom stereocenters. The molecule has 0 amide bonds. The van der Waals surface area contributed by atoms with E-state index in [9.17, 15) is 0 Å². The summed E-state index contributed by atoms with van der Waals surface area (Å²) in [5.74, 6) is 1.38. The third-order valence-corrected chi connectivity index (χ3v) is 3.11. The fourth-order valence-electron chi connectivity index (χ4n) is 1.82. The van der Waals surface area contributed by atoms with Crippen LogP contribution in [0.2, 0.25) is 5.02 Å². The van der Waals surface area contributed by atoms with Gasteiger partial charge in [0.05, 0.1) is 18.2 Å². The van der Waals surface area contributed by atoms with Gasteiger partial charge >= 0.3 is 0 Å². The maximum atomic E-state index is 6.25. The van der Waals surface area contributed by atoms with E-state index in [2.05, 4.69) is 5.32 Å². The monoisotopic (exact) mass is 305 g/mol. The molecular weight excluding hydrogens is 285 g/mol. The van der Waals surface area contributed by atoms with Gasteiger partial charge in [-0.15, -0.1) is 12.4 Å². The fourth-order valence-corrected chi connectivity index (χ4v) is 2.11. The molecule has 1 aliphatic rings. The number of rotatable bonds is 7. The molecule has 0 aromatic heterocycles. The van der Waals surface area contributed by atoms with Crippen LogP contribution in [-0.4, -0.2) is 19.3 Å². The second kappa shape index (κ2) is 7.83. The first kappa shape index (κ1) is 16.4. The molecule has 0 saturated heterocycles. The van der Waals surface area contributed by atoms with Gasteiger partial charge in [-0.2, -0.15) is 0 Å². The standard InChI is InChI=1S/C14H20ClNO2.ClH/c1-3-17-13-8-10(9-16-11-5-6-11)7-12(15)14(13)18-4-2;/h7-8,11,16H,3-6,9H2,1-2H3;1H. The quantitative estimate of drug-likeness (QED) is 0.831. The first-order valence-electron chi connectivity index (χ1n) is 6.56. The molecule has 1 aromatic carbocycles. The van der Waals surface area contributed by atoms with Gasteiger partial charge in [0.2, 0.25) is 0 Å². The van der Waals surface area contributed by atoms with Crippen LogP contribution < -0.4 is 14.8 Å². The first-order chi connectivity index (χ1) is 8.74. The fraction of sp³-hybridized carbons (Fsp3) is 0.571. The van der Waals surface area contributed by atoms with Crippen LogP contribution in [-0.2, 0) is 6.54 Å². The molecule has 3 nitrogen and oxygen atoms in total. The molecule has 0 bridgehead atoms. The van der Waals surface area contributed by atoms with Gasteiger partial charge in [-0.1, -0.05) is 11.6 Å². The molecule has 0 aliphatic heterocycles. The van der Waals surface area contributed by atoms with E-state index < -0.39 is 0 Å². The zero-order valence-electron chi connectivity index (χ0n) is 11.4. The summed E-state index contributed by atoms with van der Waals surface area (Å²) < 4.78 is 11.1. The largest absolute Gasteiger partial charge is 0.490 e. The van der Waals surface area contributed by atoms with Gasteiger partial charge in [0.25, 0.3) is 0 Å². The van der Waals surface area contributed by atoms with Crippen LogP contribution in [0, 0.1) is 0 Å². The zero-order chi connectivity index (χ0) is 13.0. The number of ether oxygens (including phenoxy) is 2. The highest BCUT2D eigenvalue weighted by Crippen LogP contribution is 2.36. The van der Waals surface area contributed by atoms with E-state index in [1.807, 2.05) is 26.0 Å². The Labute approximate surface area is 126 Å². The predicted octanol–water partition coefficient (Wildman–Crippen LogP) is 3.81. The SMILES string of the molecule is CCOc1cc(CNC2CC2)cc(Cl)c1OCC.Cl. The van der Waals surface area contributed by atoms with Gasteiger partial charge in [0.1, 0.15) is 0 Å². The lowest BCUT2D eigenvalue weighted by Gasteiger charge is -2.14. The average molecular weight is 306 g/mol. The molecule has 0 atom stereocenters. The topological polar surface area (TPSA) is 30.5 Å². The Morgan fingerprint density at radius 2 is 1.89 bits per heavy atom. The van der Waals surface area contributed by atoms with Crippen molar-refractivity contribution in [3.05, 3.63) is 22.7 Å². The lowest BCUT2D eigenvalue weighted by Crippen LogP contribution is -2.15. The third-order valence-electron chi connectivity index (χ3n) is 2.83. The van der Waals surface area contributed by atoms with E-state index in [1.54, 1.807) is 0 Å². The van der Waals surface area contributed by atoms with Crippen LogP contribution in [0.3, 0.4) is 0 Å². The van der Waals surface area contributed by atoms with E-state index in [0.717, 1.165) is 17.9 Å². The normalized spacial score (nSPS) is 13.8. The highest BCUT2D eigenvalue weighted by Gasteiger charge is 2.20. The summed E-state index contributed by atoms with van der Waals surface area (Å²) >= 11 is 6.25. The number of benzene rings is 1. The second-order valence-corrected chi connectivity index (χ2v) is 4.83. The Morgan fingerprint density at radius 1 is 1.21 bits per heavy atom. The van der Waals surface area contributed by atoms with E-state index in [4.69, 9.17) is 21.1 Å². The van der Waals surface area contributed by atoms with Gasteiger partial charge in [-0.25, -0.2) is 0 Å².